The minimum atomic E-state index is 0.465. The third-order valence-electron chi connectivity index (χ3n) is 3.74. The Hall–Kier alpha value is -3.52. The van der Waals surface area contributed by atoms with E-state index >= 15 is 0 Å². The molecule has 0 aliphatic rings. The van der Waals surface area contributed by atoms with Crippen molar-refractivity contribution in [2.75, 3.05) is 0 Å². The summed E-state index contributed by atoms with van der Waals surface area (Å²) in [5.41, 5.74) is 4.57. The zero-order valence-corrected chi connectivity index (χ0v) is 12.1. The molecular formula is C18H11N5. The lowest BCUT2D eigenvalue weighted by molar-refractivity contribution is 0.828. The first-order valence-corrected chi connectivity index (χ1v) is 7.14. The highest BCUT2D eigenvalue weighted by molar-refractivity contribution is 5.82. The van der Waals surface area contributed by atoms with Gasteiger partial charge in [-0.2, -0.15) is 9.78 Å². The third-order valence-corrected chi connectivity index (χ3v) is 3.74. The highest BCUT2D eigenvalue weighted by atomic mass is 15.5. The standard InChI is InChI=1S/C18H11N5/c19-12-16-15(13-7-3-1-4-8-13)11-17(14-9-5-2-6-10-14)23-18(16)20-21-22-23/h1-11H. The van der Waals surface area contributed by atoms with Gasteiger partial charge in [-0.25, -0.2) is 0 Å². The van der Waals surface area contributed by atoms with Crippen LogP contribution in [0.25, 0.3) is 28.0 Å². The fourth-order valence-corrected chi connectivity index (χ4v) is 2.67. The molecule has 0 radical (unpaired) electrons. The maximum atomic E-state index is 9.60. The van der Waals surface area contributed by atoms with E-state index in [0.717, 1.165) is 22.4 Å². The zero-order valence-electron chi connectivity index (χ0n) is 12.1. The molecule has 0 fully saturated rings. The predicted molar refractivity (Wildman–Crippen MR) is 86.4 cm³/mol. The summed E-state index contributed by atoms with van der Waals surface area (Å²) in [6, 6.07) is 23.9. The summed E-state index contributed by atoms with van der Waals surface area (Å²) in [5.74, 6) is 0. The molecule has 23 heavy (non-hydrogen) atoms. The van der Waals surface area contributed by atoms with E-state index in [4.69, 9.17) is 0 Å². The Bertz CT molecular complexity index is 1010. The highest BCUT2D eigenvalue weighted by Gasteiger charge is 2.17. The number of aromatic nitrogens is 4. The van der Waals surface area contributed by atoms with Crippen molar-refractivity contribution in [1.82, 2.24) is 20.0 Å². The van der Waals surface area contributed by atoms with E-state index in [9.17, 15) is 5.26 Å². The van der Waals surface area contributed by atoms with E-state index in [2.05, 4.69) is 21.6 Å². The van der Waals surface area contributed by atoms with Crippen molar-refractivity contribution in [2.24, 2.45) is 0 Å². The maximum absolute atomic E-state index is 9.60. The third kappa shape index (κ3) is 2.14. The molecular weight excluding hydrogens is 286 g/mol. The molecule has 2 aromatic heterocycles. The summed E-state index contributed by atoms with van der Waals surface area (Å²) >= 11 is 0. The summed E-state index contributed by atoms with van der Waals surface area (Å²) in [6.07, 6.45) is 0. The molecule has 5 heteroatoms. The van der Waals surface area contributed by atoms with E-state index in [1.807, 2.05) is 66.7 Å². The molecule has 5 nitrogen and oxygen atoms in total. The van der Waals surface area contributed by atoms with Crippen molar-refractivity contribution < 1.29 is 0 Å². The Morgan fingerprint density at radius 3 is 2.17 bits per heavy atom. The monoisotopic (exact) mass is 297 g/mol. The normalized spacial score (nSPS) is 10.6. The number of benzene rings is 2. The van der Waals surface area contributed by atoms with E-state index in [0.29, 0.717) is 11.2 Å². The topological polar surface area (TPSA) is 66.9 Å². The van der Waals surface area contributed by atoms with E-state index in [1.165, 1.54) is 0 Å². The fraction of sp³-hybridized carbons (Fsp3) is 0. The molecule has 0 N–H and O–H groups in total. The van der Waals surface area contributed by atoms with Gasteiger partial charge in [0.2, 0.25) is 0 Å². The minimum Gasteiger partial charge on any atom is -0.192 e. The number of fused-ring (bicyclic) bond motifs is 1. The first-order valence-electron chi connectivity index (χ1n) is 7.14. The number of pyridine rings is 1. The van der Waals surface area contributed by atoms with Crippen LogP contribution in [0.4, 0.5) is 0 Å². The van der Waals surface area contributed by atoms with Crippen LogP contribution >= 0.6 is 0 Å². The van der Waals surface area contributed by atoms with Crippen molar-refractivity contribution in [3.63, 3.8) is 0 Å². The quantitative estimate of drug-likeness (QED) is 0.569. The Labute approximate surface area is 132 Å². The lowest BCUT2D eigenvalue weighted by Gasteiger charge is -2.10. The summed E-state index contributed by atoms with van der Waals surface area (Å²) in [5, 5.41) is 21.4. The van der Waals surface area contributed by atoms with Crippen molar-refractivity contribution in [2.45, 2.75) is 0 Å². The van der Waals surface area contributed by atoms with Crippen LogP contribution in [0.2, 0.25) is 0 Å². The Morgan fingerprint density at radius 1 is 0.870 bits per heavy atom. The minimum absolute atomic E-state index is 0.465. The number of rotatable bonds is 2. The van der Waals surface area contributed by atoms with Crippen LogP contribution in [0, 0.1) is 11.3 Å². The van der Waals surface area contributed by atoms with Crippen LogP contribution in [0.15, 0.2) is 66.7 Å². The number of hydrogen-bond acceptors (Lipinski definition) is 4. The maximum Gasteiger partial charge on any atom is 0.198 e. The zero-order chi connectivity index (χ0) is 15.6. The van der Waals surface area contributed by atoms with Crippen LogP contribution in [0.3, 0.4) is 0 Å². The molecule has 0 saturated carbocycles. The Kier molecular flexibility index (Phi) is 3.06. The second-order valence-corrected chi connectivity index (χ2v) is 5.08. The number of nitrogens with zero attached hydrogens (tertiary/aromatic N) is 5. The van der Waals surface area contributed by atoms with Gasteiger partial charge in [0.1, 0.15) is 11.6 Å². The fourth-order valence-electron chi connectivity index (χ4n) is 2.67. The molecule has 4 aromatic rings. The summed E-state index contributed by atoms with van der Waals surface area (Å²) in [6.45, 7) is 0. The molecule has 108 valence electrons. The molecule has 0 spiro atoms. The molecule has 0 saturated heterocycles. The van der Waals surface area contributed by atoms with Gasteiger partial charge in [0, 0.05) is 11.1 Å². The number of hydrogen-bond donors (Lipinski definition) is 0. The van der Waals surface area contributed by atoms with Gasteiger partial charge in [-0.15, -0.1) is 5.10 Å². The molecule has 4 rings (SSSR count). The molecule has 0 atom stereocenters. The Morgan fingerprint density at radius 2 is 1.52 bits per heavy atom. The Balaban J connectivity index is 2.09. The smallest absolute Gasteiger partial charge is 0.192 e. The van der Waals surface area contributed by atoms with Gasteiger partial charge >= 0.3 is 0 Å². The van der Waals surface area contributed by atoms with Crippen LogP contribution in [-0.2, 0) is 0 Å². The van der Waals surface area contributed by atoms with Crippen LogP contribution in [0.5, 0.6) is 0 Å². The highest BCUT2D eigenvalue weighted by Crippen LogP contribution is 2.31. The largest absolute Gasteiger partial charge is 0.198 e. The van der Waals surface area contributed by atoms with Gasteiger partial charge < -0.3 is 0 Å². The van der Waals surface area contributed by atoms with Crippen molar-refractivity contribution in [3.05, 3.63) is 72.3 Å². The van der Waals surface area contributed by atoms with Crippen molar-refractivity contribution in [3.8, 4) is 28.5 Å². The molecule has 0 bridgehead atoms. The molecule has 2 aromatic carbocycles. The van der Waals surface area contributed by atoms with Crippen LogP contribution in [0.1, 0.15) is 5.56 Å². The van der Waals surface area contributed by atoms with Gasteiger partial charge in [0.25, 0.3) is 0 Å². The molecule has 2 heterocycles. The first-order chi connectivity index (χ1) is 11.4. The second kappa shape index (κ2) is 5.35. The van der Waals surface area contributed by atoms with Gasteiger partial charge in [-0.3, -0.25) is 0 Å². The first kappa shape index (κ1) is 13.2. The van der Waals surface area contributed by atoms with Crippen LogP contribution < -0.4 is 0 Å². The second-order valence-electron chi connectivity index (χ2n) is 5.08. The van der Waals surface area contributed by atoms with Crippen LogP contribution in [-0.4, -0.2) is 20.0 Å². The van der Waals surface area contributed by atoms with E-state index < -0.39 is 0 Å². The summed E-state index contributed by atoms with van der Waals surface area (Å²) in [7, 11) is 0. The van der Waals surface area contributed by atoms with Gasteiger partial charge in [-0.1, -0.05) is 60.7 Å². The average molecular weight is 297 g/mol. The molecule has 0 aliphatic heterocycles. The van der Waals surface area contributed by atoms with Crippen molar-refractivity contribution >= 4 is 5.65 Å². The summed E-state index contributed by atoms with van der Waals surface area (Å²) in [4.78, 5) is 0. The molecule has 0 aliphatic carbocycles. The predicted octanol–water partition coefficient (Wildman–Crippen LogP) is 3.33. The number of nitriles is 1. The average Bonchev–Trinajstić information content (AvgIpc) is 3.11. The van der Waals surface area contributed by atoms with Crippen molar-refractivity contribution in [1.29, 1.82) is 5.26 Å². The number of tetrazole rings is 1. The lowest BCUT2D eigenvalue weighted by atomic mass is 9.99. The summed E-state index contributed by atoms with van der Waals surface area (Å²) < 4.78 is 1.61. The molecule has 0 unspecified atom stereocenters. The van der Waals surface area contributed by atoms with E-state index in [-0.39, 0.29) is 0 Å². The molecule has 0 amide bonds. The van der Waals surface area contributed by atoms with Gasteiger partial charge in [0.15, 0.2) is 5.65 Å². The SMILES string of the molecule is N#Cc1c(-c2ccccc2)cc(-c2ccccc2)n2nnnc12. The lowest BCUT2D eigenvalue weighted by Crippen LogP contribution is -1.99. The van der Waals surface area contributed by atoms with Gasteiger partial charge in [-0.05, 0) is 22.1 Å². The van der Waals surface area contributed by atoms with Gasteiger partial charge in [0.05, 0.1) is 5.69 Å². The van der Waals surface area contributed by atoms with E-state index in [1.54, 1.807) is 4.52 Å².